The minimum Gasteiger partial charge on any atom is -0.326 e. The lowest BCUT2D eigenvalue weighted by atomic mass is 9.76. The van der Waals surface area contributed by atoms with Crippen LogP contribution in [-0.2, 0) is 31.8 Å². The predicted octanol–water partition coefficient (Wildman–Crippen LogP) is 7.81. The van der Waals surface area contributed by atoms with Crippen molar-refractivity contribution in [2.75, 3.05) is 6.26 Å². The summed E-state index contributed by atoms with van der Waals surface area (Å²) in [6, 6.07) is 40.0. The van der Waals surface area contributed by atoms with E-state index in [0.29, 0.717) is 40.4 Å². The standard InChI is InChI=1S/C45H42Cl2N6O5S/c1-59(56,57)51-38-23-13-14-24-39(38)53-42(36-26-25-33(46)27-37(36)47)41(34-21-11-12-22-35(34)44(53)55)43(54)50-58-28-40-48-29-52(49-40)45(30-15-5-2-6-16-30,31-17-7-3-8-18-31)32-19-9-4-10-20-32/h2-12,15-22,25-27,29,38-39,41-42,51H,13-14,23-24,28H2,1H3,(H,50,54). The highest BCUT2D eigenvalue weighted by atomic mass is 35.5. The van der Waals surface area contributed by atoms with Gasteiger partial charge in [0.1, 0.15) is 18.5 Å². The normalized spacial score (nSPS) is 19.6. The molecule has 1 aliphatic carbocycles. The third-order valence-electron chi connectivity index (χ3n) is 11.2. The minimum absolute atomic E-state index is 0.181. The van der Waals surface area contributed by atoms with Gasteiger partial charge in [-0.15, -0.1) is 0 Å². The van der Waals surface area contributed by atoms with E-state index >= 15 is 0 Å². The van der Waals surface area contributed by atoms with Crippen LogP contribution in [0.2, 0.25) is 10.0 Å². The monoisotopic (exact) mass is 848 g/mol. The zero-order valence-corrected chi connectivity index (χ0v) is 34.4. The molecule has 6 aromatic rings. The van der Waals surface area contributed by atoms with Crippen LogP contribution in [0.5, 0.6) is 0 Å². The lowest BCUT2D eigenvalue weighted by Gasteiger charge is -2.49. The van der Waals surface area contributed by atoms with Gasteiger partial charge in [0.15, 0.2) is 5.82 Å². The number of hydrogen-bond acceptors (Lipinski definition) is 7. The molecular formula is C45H42Cl2N6O5S. The lowest BCUT2D eigenvalue weighted by molar-refractivity contribution is -0.138. The second-order valence-corrected chi connectivity index (χ2v) is 17.5. The van der Waals surface area contributed by atoms with Crippen molar-refractivity contribution in [3.8, 4) is 0 Å². The molecule has 0 spiro atoms. The molecule has 5 aromatic carbocycles. The van der Waals surface area contributed by atoms with Crippen molar-refractivity contribution < 1.29 is 22.8 Å². The zero-order valence-electron chi connectivity index (χ0n) is 32.1. The average molecular weight is 850 g/mol. The van der Waals surface area contributed by atoms with Crippen LogP contribution in [0.15, 0.2) is 140 Å². The van der Waals surface area contributed by atoms with E-state index in [1.165, 1.54) is 0 Å². The molecule has 4 atom stereocenters. The Hall–Kier alpha value is -5.37. The van der Waals surface area contributed by atoms with Gasteiger partial charge in [-0.1, -0.05) is 151 Å². The summed E-state index contributed by atoms with van der Waals surface area (Å²) in [6.45, 7) is -0.181. The number of rotatable bonds is 12. The molecule has 2 N–H and O–H groups in total. The first-order valence-electron chi connectivity index (χ1n) is 19.4. The highest BCUT2D eigenvalue weighted by molar-refractivity contribution is 7.88. The van der Waals surface area contributed by atoms with E-state index in [-0.39, 0.29) is 17.5 Å². The summed E-state index contributed by atoms with van der Waals surface area (Å²) in [5.74, 6) is -1.58. The van der Waals surface area contributed by atoms with Gasteiger partial charge in [-0.25, -0.2) is 28.3 Å². The first kappa shape index (κ1) is 40.4. The van der Waals surface area contributed by atoms with Crippen LogP contribution in [0.4, 0.5) is 0 Å². The summed E-state index contributed by atoms with van der Waals surface area (Å²) in [5, 5.41) is 5.59. The van der Waals surface area contributed by atoms with Crippen LogP contribution >= 0.6 is 23.2 Å². The molecule has 0 saturated heterocycles. The van der Waals surface area contributed by atoms with Crippen LogP contribution in [0.25, 0.3) is 0 Å². The van der Waals surface area contributed by atoms with Crippen molar-refractivity contribution in [1.82, 2.24) is 29.9 Å². The van der Waals surface area contributed by atoms with E-state index in [1.54, 1.807) is 53.7 Å². The van der Waals surface area contributed by atoms with Crippen molar-refractivity contribution in [1.29, 1.82) is 0 Å². The molecule has 2 amide bonds. The van der Waals surface area contributed by atoms with Crippen LogP contribution in [0.3, 0.4) is 0 Å². The number of halogens is 2. The number of sulfonamides is 1. The number of benzene rings is 5. The predicted molar refractivity (Wildman–Crippen MR) is 226 cm³/mol. The smallest absolute Gasteiger partial charge is 0.255 e. The topological polar surface area (TPSA) is 136 Å². The molecule has 0 bridgehead atoms. The fourth-order valence-electron chi connectivity index (χ4n) is 8.82. The number of carbonyl (C=O) groups is 2. The Morgan fingerprint density at radius 1 is 0.814 bits per heavy atom. The number of carbonyl (C=O) groups excluding carboxylic acids is 2. The second-order valence-electron chi connectivity index (χ2n) is 14.9. The number of hydroxylamine groups is 1. The number of nitrogens with one attached hydrogen (secondary N) is 2. The SMILES string of the molecule is CS(=O)(=O)NC1CCCCC1N1C(=O)c2ccccc2C(C(=O)NOCc2ncn(C(c3ccccc3)(c3ccccc3)c3ccccc3)n2)C1c1ccc(Cl)cc1Cl. The van der Waals surface area contributed by atoms with Crippen molar-refractivity contribution in [3.63, 3.8) is 0 Å². The third-order valence-corrected chi connectivity index (χ3v) is 12.5. The van der Waals surface area contributed by atoms with Crippen LogP contribution in [0.1, 0.15) is 81.6 Å². The highest BCUT2D eigenvalue weighted by Gasteiger charge is 2.49. The molecule has 302 valence electrons. The van der Waals surface area contributed by atoms with Gasteiger partial charge in [-0.05, 0) is 58.9 Å². The summed E-state index contributed by atoms with van der Waals surface area (Å²) >= 11 is 13.2. The van der Waals surface area contributed by atoms with Crippen molar-refractivity contribution in [3.05, 3.63) is 189 Å². The van der Waals surface area contributed by atoms with Gasteiger partial charge in [0.2, 0.25) is 10.0 Å². The van der Waals surface area contributed by atoms with E-state index in [1.807, 2.05) is 59.3 Å². The molecule has 1 saturated carbocycles. The van der Waals surface area contributed by atoms with E-state index in [2.05, 4.69) is 51.6 Å². The summed E-state index contributed by atoms with van der Waals surface area (Å²) in [4.78, 5) is 41.5. The van der Waals surface area contributed by atoms with E-state index < -0.39 is 45.5 Å². The van der Waals surface area contributed by atoms with Gasteiger partial charge in [-0.3, -0.25) is 14.4 Å². The number of hydrogen-bond donors (Lipinski definition) is 2. The van der Waals surface area contributed by atoms with Crippen molar-refractivity contribution in [2.45, 2.75) is 61.9 Å². The molecule has 14 heteroatoms. The Morgan fingerprint density at radius 2 is 1.41 bits per heavy atom. The van der Waals surface area contributed by atoms with Crippen LogP contribution in [-0.4, -0.2) is 58.2 Å². The summed E-state index contributed by atoms with van der Waals surface area (Å²) in [7, 11) is -3.64. The highest BCUT2D eigenvalue weighted by Crippen LogP contribution is 2.48. The van der Waals surface area contributed by atoms with Crippen molar-refractivity contribution >= 4 is 45.0 Å². The van der Waals surface area contributed by atoms with Gasteiger partial charge < -0.3 is 4.90 Å². The Kier molecular flexibility index (Phi) is 11.7. The molecule has 1 aromatic heterocycles. The van der Waals surface area contributed by atoms with E-state index in [9.17, 15) is 18.0 Å². The van der Waals surface area contributed by atoms with E-state index in [0.717, 1.165) is 35.8 Å². The van der Waals surface area contributed by atoms with E-state index in [4.69, 9.17) is 33.1 Å². The Balaban J connectivity index is 1.14. The summed E-state index contributed by atoms with van der Waals surface area (Å²) in [5.41, 5.74) is 5.97. The zero-order chi connectivity index (χ0) is 41.1. The fraction of sp³-hybridized carbons (Fsp3) is 0.244. The number of amides is 2. The maximum absolute atomic E-state index is 14.7. The Morgan fingerprint density at radius 3 is 2.02 bits per heavy atom. The van der Waals surface area contributed by atoms with Gasteiger partial charge in [0.25, 0.3) is 11.8 Å². The van der Waals surface area contributed by atoms with Crippen molar-refractivity contribution in [2.24, 2.45) is 0 Å². The molecule has 2 heterocycles. The maximum atomic E-state index is 14.7. The second kappa shape index (κ2) is 17.1. The molecular weight excluding hydrogens is 808 g/mol. The molecule has 2 aliphatic rings. The number of nitrogens with zero attached hydrogens (tertiary/aromatic N) is 4. The van der Waals surface area contributed by atoms with Crippen LogP contribution in [0, 0.1) is 0 Å². The lowest BCUT2D eigenvalue weighted by Crippen LogP contribution is -2.59. The minimum atomic E-state index is -3.64. The quantitative estimate of drug-likeness (QED) is 0.0948. The van der Waals surface area contributed by atoms with Crippen LogP contribution < -0.4 is 10.2 Å². The average Bonchev–Trinajstić information content (AvgIpc) is 3.71. The molecule has 0 radical (unpaired) electrons. The number of aromatic nitrogens is 3. The largest absolute Gasteiger partial charge is 0.326 e. The molecule has 4 unspecified atom stereocenters. The van der Waals surface area contributed by atoms with Gasteiger partial charge in [0.05, 0.1) is 18.2 Å². The van der Waals surface area contributed by atoms with Gasteiger partial charge >= 0.3 is 0 Å². The molecule has 59 heavy (non-hydrogen) atoms. The van der Waals surface area contributed by atoms with Gasteiger partial charge in [-0.2, -0.15) is 5.10 Å². The third kappa shape index (κ3) is 8.03. The molecule has 1 aliphatic heterocycles. The summed E-state index contributed by atoms with van der Waals surface area (Å²) < 4.78 is 29.8. The first-order valence-corrected chi connectivity index (χ1v) is 22.0. The molecule has 11 nitrogen and oxygen atoms in total. The Bertz CT molecular complexity index is 2460. The molecule has 8 rings (SSSR count). The molecule has 1 fully saturated rings. The first-order chi connectivity index (χ1) is 28.6. The fourth-order valence-corrected chi connectivity index (χ4v) is 10.2. The Labute approximate surface area is 353 Å². The number of fused-ring (bicyclic) bond motifs is 1. The van der Waals surface area contributed by atoms with Gasteiger partial charge in [0, 0.05) is 27.7 Å². The summed E-state index contributed by atoms with van der Waals surface area (Å²) in [6.07, 6.45) is 5.34. The maximum Gasteiger partial charge on any atom is 0.255 e.